The first-order valence-corrected chi connectivity index (χ1v) is 8.67. The summed E-state index contributed by atoms with van der Waals surface area (Å²) in [5.41, 5.74) is 8.57. The van der Waals surface area contributed by atoms with Crippen LogP contribution < -0.4 is 10.6 Å². The first-order chi connectivity index (χ1) is 12.2. The number of aromatic hydroxyl groups is 1. The van der Waals surface area contributed by atoms with Crippen LogP contribution in [0.5, 0.6) is 5.75 Å². The Morgan fingerprint density at radius 3 is 2.80 bits per heavy atom. The van der Waals surface area contributed by atoms with Gasteiger partial charge in [-0.25, -0.2) is 9.97 Å². The Balaban J connectivity index is 1.90. The van der Waals surface area contributed by atoms with E-state index in [9.17, 15) is 5.11 Å². The highest BCUT2D eigenvalue weighted by molar-refractivity contribution is 5.92. The molecule has 1 aliphatic heterocycles. The molecule has 5 nitrogen and oxygen atoms in total. The van der Waals surface area contributed by atoms with Gasteiger partial charge in [0.15, 0.2) is 5.82 Å². The van der Waals surface area contributed by atoms with Crippen LogP contribution in [0, 0.1) is 12.8 Å². The minimum absolute atomic E-state index is 0.196. The predicted molar refractivity (Wildman–Crippen MR) is 101 cm³/mol. The Kier molecular flexibility index (Phi) is 4.01. The standard InChI is InChI=1S/C20H22N4O/c1-13-6-7-15-17(10-13)22-19(16-4-2-3-5-18(16)25)23-20(15)24-9-8-14(11-21)12-24/h2-7,10,14,25H,8-9,11-12,21H2,1H3/t14-/m1/s1. The van der Waals surface area contributed by atoms with E-state index in [-0.39, 0.29) is 5.75 Å². The fourth-order valence-electron chi connectivity index (χ4n) is 3.46. The minimum Gasteiger partial charge on any atom is -0.507 e. The van der Waals surface area contributed by atoms with Gasteiger partial charge in [0.25, 0.3) is 0 Å². The summed E-state index contributed by atoms with van der Waals surface area (Å²) in [6, 6.07) is 13.5. The summed E-state index contributed by atoms with van der Waals surface area (Å²) >= 11 is 0. The molecule has 2 heterocycles. The third kappa shape index (κ3) is 2.91. The second kappa shape index (κ2) is 6.33. The zero-order valence-electron chi connectivity index (χ0n) is 14.3. The summed E-state index contributed by atoms with van der Waals surface area (Å²) in [6.45, 7) is 4.62. The van der Waals surface area contributed by atoms with Crippen LogP contribution in [-0.4, -0.2) is 34.7 Å². The highest BCUT2D eigenvalue weighted by Gasteiger charge is 2.25. The molecule has 4 rings (SSSR count). The van der Waals surface area contributed by atoms with Crippen molar-refractivity contribution in [2.45, 2.75) is 13.3 Å². The van der Waals surface area contributed by atoms with Gasteiger partial charge in [0, 0.05) is 18.5 Å². The molecule has 0 unspecified atom stereocenters. The van der Waals surface area contributed by atoms with Gasteiger partial charge in [-0.05, 0) is 55.6 Å². The van der Waals surface area contributed by atoms with E-state index in [0.717, 1.165) is 41.8 Å². The highest BCUT2D eigenvalue weighted by atomic mass is 16.3. The summed E-state index contributed by atoms with van der Waals surface area (Å²) < 4.78 is 0. The van der Waals surface area contributed by atoms with Gasteiger partial charge in [-0.3, -0.25) is 0 Å². The first-order valence-electron chi connectivity index (χ1n) is 8.67. The minimum atomic E-state index is 0.196. The molecule has 3 aromatic rings. The topological polar surface area (TPSA) is 75.3 Å². The molecular formula is C20H22N4O. The van der Waals surface area contributed by atoms with Crippen molar-refractivity contribution in [3.63, 3.8) is 0 Å². The number of para-hydroxylation sites is 1. The number of hydrogen-bond acceptors (Lipinski definition) is 5. The molecule has 1 saturated heterocycles. The summed E-state index contributed by atoms with van der Waals surface area (Å²) in [5.74, 6) is 2.19. The largest absolute Gasteiger partial charge is 0.507 e. The van der Waals surface area contributed by atoms with Gasteiger partial charge >= 0.3 is 0 Å². The first kappa shape index (κ1) is 15.8. The van der Waals surface area contributed by atoms with E-state index in [1.54, 1.807) is 12.1 Å². The molecule has 0 aliphatic carbocycles. The fraction of sp³-hybridized carbons (Fsp3) is 0.300. The van der Waals surface area contributed by atoms with E-state index < -0.39 is 0 Å². The molecule has 1 aliphatic rings. The lowest BCUT2D eigenvalue weighted by atomic mass is 10.1. The van der Waals surface area contributed by atoms with Gasteiger partial charge in [-0.1, -0.05) is 18.2 Å². The van der Waals surface area contributed by atoms with Crippen LogP contribution in [0.15, 0.2) is 42.5 Å². The normalized spacial score (nSPS) is 17.4. The van der Waals surface area contributed by atoms with E-state index in [1.807, 2.05) is 12.1 Å². The summed E-state index contributed by atoms with van der Waals surface area (Å²) in [5, 5.41) is 11.3. The summed E-state index contributed by atoms with van der Waals surface area (Å²) in [7, 11) is 0. The van der Waals surface area contributed by atoms with Crippen molar-refractivity contribution in [2.75, 3.05) is 24.5 Å². The SMILES string of the molecule is Cc1ccc2c(N3CC[C@H](CN)C3)nc(-c3ccccc3O)nc2c1. The molecule has 1 atom stereocenters. The van der Waals surface area contributed by atoms with Crippen molar-refractivity contribution in [1.82, 2.24) is 9.97 Å². The van der Waals surface area contributed by atoms with Gasteiger partial charge in [0.1, 0.15) is 11.6 Å². The van der Waals surface area contributed by atoms with E-state index in [1.165, 1.54) is 0 Å². The number of benzene rings is 2. The maximum Gasteiger partial charge on any atom is 0.165 e. The molecule has 3 N–H and O–H groups in total. The van der Waals surface area contributed by atoms with Gasteiger partial charge in [-0.15, -0.1) is 0 Å². The van der Waals surface area contributed by atoms with Crippen LogP contribution in [0.2, 0.25) is 0 Å². The molecule has 0 amide bonds. The maximum atomic E-state index is 10.2. The molecule has 0 saturated carbocycles. The second-order valence-corrected chi connectivity index (χ2v) is 6.74. The number of anilines is 1. The fourth-order valence-corrected chi connectivity index (χ4v) is 3.46. The number of hydrogen-bond donors (Lipinski definition) is 2. The lowest BCUT2D eigenvalue weighted by molar-refractivity contribution is 0.477. The molecule has 0 radical (unpaired) electrons. The van der Waals surface area contributed by atoms with Crippen LogP contribution in [0.3, 0.4) is 0 Å². The van der Waals surface area contributed by atoms with Gasteiger partial charge in [0.2, 0.25) is 0 Å². The summed E-state index contributed by atoms with van der Waals surface area (Å²) in [4.78, 5) is 11.8. The molecule has 0 bridgehead atoms. The molecule has 0 spiro atoms. The number of nitrogens with zero attached hydrogens (tertiary/aromatic N) is 3. The van der Waals surface area contributed by atoms with E-state index in [4.69, 9.17) is 15.7 Å². The molecule has 128 valence electrons. The van der Waals surface area contributed by atoms with Crippen LogP contribution in [0.4, 0.5) is 5.82 Å². The van der Waals surface area contributed by atoms with Gasteiger partial charge < -0.3 is 15.7 Å². The Morgan fingerprint density at radius 1 is 1.20 bits per heavy atom. The number of phenolic OH excluding ortho intramolecular Hbond substituents is 1. The Labute approximate surface area is 147 Å². The lowest BCUT2D eigenvalue weighted by Crippen LogP contribution is -2.24. The van der Waals surface area contributed by atoms with Crippen LogP contribution >= 0.6 is 0 Å². The van der Waals surface area contributed by atoms with E-state index in [0.29, 0.717) is 23.9 Å². The Morgan fingerprint density at radius 2 is 2.04 bits per heavy atom. The third-order valence-corrected chi connectivity index (χ3v) is 4.90. The second-order valence-electron chi connectivity index (χ2n) is 6.74. The maximum absolute atomic E-state index is 10.2. The molecule has 2 aromatic carbocycles. The Hall–Kier alpha value is -2.66. The molecule has 1 fully saturated rings. The monoisotopic (exact) mass is 334 g/mol. The average Bonchev–Trinajstić information content (AvgIpc) is 3.10. The molecule has 1 aromatic heterocycles. The van der Waals surface area contributed by atoms with Crippen molar-refractivity contribution in [2.24, 2.45) is 11.7 Å². The van der Waals surface area contributed by atoms with Crippen molar-refractivity contribution in [1.29, 1.82) is 0 Å². The van der Waals surface area contributed by atoms with E-state index >= 15 is 0 Å². The van der Waals surface area contributed by atoms with Crippen LogP contribution in [0.25, 0.3) is 22.3 Å². The zero-order chi connectivity index (χ0) is 17.4. The van der Waals surface area contributed by atoms with Crippen LogP contribution in [-0.2, 0) is 0 Å². The lowest BCUT2D eigenvalue weighted by Gasteiger charge is -2.20. The number of aromatic nitrogens is 2. The predicted octanol–water partition coefficient (Wildman–Crippen LogP) is 3.10. The zero-order valence-corrected chi connectivity index (χ0v) is 14.3. The van der Waals surface area contributed by atoms with Crippen molar-refractivity contribution >= 4 is 16.7 Å². The summed E-state index contributed by atoms with van der Waals surface area (Å²) in [6.07, 6.45) is 1.08. The molecular weight excluding hydrogens is 312 g/mol. The van der Waals surface area contributed by atoms with Gasteiger partial charge in [-0.2, -0.15) is 0 Å². The number of rotatable bonds is 3. The van der Waals surface area contributed by atoms with Crippen LogP contribution in [0.1, 0.15) is 12.0 Å². The number of phenols is 1. The number of fused-ring (bicyclic) bond motifs is 1. The van der Waals surface area contributed by atoms with Crippen molar-refractivity contribution in [3.05, 3.63) is 48.0 Å². The quantitative estimate of drug-likeness (QED) is 0.770. The average molecular weight is 334 g/mol. The molecule has 25 heavy (non-hydrogen) atoms. The van der Waals surface area contributed by atoms with Crippen molar-refractivity contribution < 1.29 is 5.11 Å². The van der Waals surface area contributed by atoms with E-state index in [2.05, 4.69) is 30.0 Å². The van der Waals surface area contributed by atoms with Gasteiger partial charge in [0.05, 0.1) is 11.1 Å². The van der Waals surface area contributed by atoms with Crippen molar-refractivity contribution in [3.8, 4) is 17.1 Å². The highest BCUT2D eigenvalue weighted by Crippen LogP contribution is 2.33. The molecule has 5 heteroatoms. The Bertz CT molecular complexity index is 925. The third-order valence-electron chi connectivity index (χ3n) is 4.90. The smallest absolute Gasteiger partial charge is 0.165 e. The number of nitrogens with two attached hydrogens (primary N) is 1. The number of aryl methyl sites for hydroxylation is 1.